The molecule has 1 aliphatic heterocycles. The van der Waals surface area contributed by atoms with E-state index < -0.39 is 11.6 Å². The fraction of sp³-hybridized carbons (Fsp3) is 0.318. The maximum absolute atomic E-state index is 12.6. The molecule has 176 valence electrons. The van der Waals surface area contributed by atoms with Crippen molar-refractivity contribution < 1.29 is 14.1 Å². The van der Waals surface area contributed by atoms with Crippen LogP contribution in [0.2, 0.25) is 0 Å². The first-order chi connectivity index (χ1) is 16.5. The minimum atomic E-state index is -0.441. The third-order valence-corrected chi connectivity index (χ3v) is 5.67. The first kappa shape index (κ1) is 21.5. The van der Waals surface area contributed by atoms with Gasteiger partial charge in [-0.05, 0) is 19.1 Å². The van der Waals surface area contributed by atoms with Gasteiger partial charge in [-0.15, -0.1) is 5.10 Å². The predicted octanol–water partition coefficient (Wildman–Crippen LogP) is 1.16. The molecule has 1 aromatic carbocycles. The molecule has 1 fully saturated rings. The number of amides is 1. The monoisotopic (exact) mass is 464 g/mol. The van der Waals surface area contributed by atoms with E-state index in [-0.39, 0.29) is 12.4 Å². The first-order valence-corrected chi connectivity index (χ1v) is 10.8. The van der Waals surface area contributed by atoms with Gasteiger partial charge in [-0.3, -0.25) is 4.79 Å². The van der Waals surface area contributed by atoms with E-state index in [2.05, 4.69) is 36.4 Å². The second-order valence-corrected chi connectivity index (χ2v) is 7.96. The van der Waals surface area contributed by atoms with E-state index in [1.54, 1.807) is 26.2 Å². The molecule has 0 atom stereocenters. The number of benzene rings is 1. The molecule has 12 heteroatoms. The van der Waals surface area contributed by atoms with Gasteiger partial charge in [0.1, 0.15) is 30.2 Å². The average molecular weight is 464 g/mol. The molecule has 5 rings (SSSR count). The Morgan fingerprint density at radius 1 is 1.15 bits per heavy atom. The molecule has 1 N–H and O–H groups in total. The summed E-state index contributed by atoms with van der Waals surface area (Å²) in [6.45, 7) is 4.65. The van der Waals surface area contributed by atoms with Crippen LogP contribution in [0.1, 0.15) is 5.76 Å². The number of piperazine rings is 1. The largest absolute Gasteiger partial charge is 0.497 e. The molecule has 1 amide bonds. The number of carbonyl (C=O) groups excluding carboxylic acids is 1. The highest BCUT2D eigenvalue weighted by atomic mass is 16.5. The molecule has 34 heavy (non-hydrogen) atoms. The summed E-state index contributed by atoms with van der Waals surface area (Å²) >= 11 is 0. The van der Waals surface area contributed by atoms with Gasteiger partial charge in [-0.2, -0.15) is 0 Å². The molecule has 0 spiro atoms. The lowest BCUT2D eigenvalue weighted by atomic mass is 10.2. The summed E-state index contributed by atoms with van der Waals surface area (Å²) in [7, 11) is 1.66. The molecule has 0 aliphatic carbocycles. The Bertz CT molecular complexity index is 1380. The Morgan fingerprint density at radius 2 is 1.94 bits per heavy atom. The first-order valence-electron chi connectivity index (χ1n) is 10.8. The van der Waals surface area contributed by atoms with Gasteiger partial charge in [0.25, 0.3) is 0 Å². The van der Waals surface area contributed by atoms with E-state index in [1.807, 2.05) is 18.2 Å². The summed E-state index contributed by atoms with van der Waals surface area (Å²) in [4.78, 5) is 33.8. The maximum atomic E-state index is 12.6. The number of fused-ring (bicyclic) bond motifs is 1. The zero-order valence-electron chi connectivity index (χ0n) is 18.8. The smallest absolute Gasteiger partial charge is 0.352 e. The summed E-state index contributed by atoms with van der Waals surface area (Å²) in [6, 6.07) is 11.4. The SMILES string of the molecule is COc1cccc(N2CCN(c3cc4nn(CC(=O)Nc5cc(C)on5)c(=O)n4cn3)CC2)c1. The van der Waals surface area contributed by atoms with Gasteiger partial charge in [0.15, 0.2) is 11.5 Å². The van der Waals surface area contributed by atoms with Crippen molar-refractivity contribution in [3.05, 3.63) is 59.0 Å². The summed E-state index contributed by atoms with van der Waals surface area (Å²) in [5, 5.41) is 10.6. The lowest BCUT2D eigenvalue weighted by Crippen LogP contribution is -2.46. The van der Waals surface area contributed by atoms with Gasteiger partial charge >= 0.3 is 5.69 Å². The lowest BCUT2D eigenvalue weighted by molar-refractivity contribution is -0.117. The molecule has 0 saturated carbocycles. The summed E-state index contributed by atoms with van der Waals surface area (Å²) < 4.78 is 12.7. The van der Waals surface area contributed by atoms with Crippen LogP contribution in [-0.2, 0) is 11.3 Å². The molecule has 4 aromatic rings. The number of anilines is 3. The highest BCUT2D eigenvalue weighted by molar-refractivity contribution is 5.89. The summed E-state index contributed by atoms with van der Waals surface area (Å²) in [5.41, 5.74) is 1.10. The van der Waals surface area contributed by atoms with Gasteiger partial charge in [0.05, 0.1) is 7.11 Å². The Morgan fingerprint density at radius 3 is 2.68 bits per heavy atom. The van der Waals surface area contributed by atoms with Crippen LogP contribution in [0.25, 0.3) is 5.65 Å². The van der Waals surface area contributed by atoms with Crippen molar-refractivity contribution in [2.75, 3.05) is 48.4 Å². The Hall–Kier alpha value is -4.35. The van der Waals surface area contributed by atoms with Crippen LogP contribution in [-0.4, -0.2) is 63.5 Å². The number of hydrogen-bond donors (Lipinski definition) is 1. The minimum Gasteiger partial charge on any atom is -0.497 e. The van der Waals surface area contributed by atoms with Gasteiger partial charge in [-0.1, -0.05) is 11.2 Å². The number of methoxy groups -OCH3 is 1. The number of hydrogen-bond acceptors (Lipinski definition) is 9. The minimum absolute atomic E-state index is 0.249. The molecule has 1 saturated heterocycles. The Kier molecular flexibility index (Phi) is 5.62. The van der Waals surface area contributed by atoms with Crippen LogP contribution in [0.15, 0.2) is 52.0 Å². The quantitative estimate of drug-likeness (QED) is 0.448. The number of nitrogens with zero attached hydrogens (tertiary/aromatic N) is 7. The van der Waals surface area contributed by atoms with Crippen molar-refractivity contribution in [3.8, 4) is 5.75 Å². The Balaban J connectivity index is 1.27. The Labute approximate surface area is 194 Å². The van der Waals surface area contributed by atoms with Crippen LogP contribution in [0, 0.1) is 6.92 Å². The van der Waals surface area contributed by atoms with Crippen LogP contribution >= 0.6 is 0 Å². The molecule has 1 aliphatic rings. The van der Waals surface area contributed by atoms with Crippen molar-refractivity contribution in [1.29, 1.82) is 0 Å². The second-order valence-electron chi connectivity index (χ2n) is 7.96. The van der Waals surface area contributed by atoms with Gasteiger partial charge in [0.2, 0.25) is 5.91 Å². The molecule has 4 heterocycles. The molecule has 0 radical (unpaired) electrons. The molecule has 3 aromatic heterocycles. The van der Waals surface area contributed by atoms with E-state index in [0.29, 0.717) is 11.4 Å². The molecular formula is C22H24N8O4. The number of ether oxygens (including phenoxy) is 1. The zero-order valence-corrected chi connectivity index (χ0v) is 18.8. The van der Waals surface area contributed by atoms with Crippen LogP contribution in [0.4, 0.5) is 17.3 Å². The predicted molar refractivity (Wildman–Crippen MR) is 125 cm³/mol. The topological polar surface area (TPSA) is 123 Å². The van der Waals surface area contributed by atoms with E-state index in [9.17, 15) is 9.59 Å². The molecule has 0 unspecified atom stereocenters. The van der Waals surface area contributed by atoms with Crippen LogP contribution < -0.4 is 25.5 Å². The normalized spacial score (nSPS) is 13.9. The fourth-order valence-electron chi connectivity index (χ4n) is 3.93. The van der Waals surface area contributed by atoms with Crippen molar-refractivity contribution in [2.45, 2.75) is 13.5 Å². The lowest BCUT2D eigenvalue weighted by Gasteiger charge is -2.36. The molecular weight excluding hydrogens is 440 g/mol. The van der Waals surface area contributed by atoms with Gasteiger partial charge < -0.3 is 24.4 Å². The average Bonchev–Trinajstić information content (AvgIpc) is 3.40. The summed E-state index contributed by atoms with van der Waals surface area (Å²) in [6.07, 6.45) is 1.45. The van der Waals surface area contributed by atoms with E-state index >= 15 is 0 Å². The van der Waals surface area contributed by atoms with E-state index in [0.717, 1.165) is 48.1 Å². The summed E-state index contributed by atoms with van der Waals surface area (Å²) in [5.74, 6) is 2.00. The highest BCUT2D eigenvalue weighted by Gasteiger charge is 2.20. The zero-order chi connectivity index (χ0) is 23.7. The number of aryl methyl sites for hydroxylation is 1. The third kappa shape index (κ3) is 4.29. The van der Waals surface area contributed by atoms with Gasteiger partial charge in [0, 0.05) is 50.1 Å². The molecule has 12 nitrogen and oxygen atoms in total. The highest BCUT2D eigenvalue weighted by Crippen LogP contribution is 2.23. The second kappa shape index (κ2) is 8.89. The maximum Gasteiger partial charge on any atom is 0.352 e. The third-order valence-electron chi connectivity index (χ3n) is 5.67. The van der Waals surface area contributed by atoms with Crippen LogP contribution in [0.5, 0.6) is 5.75 Å². The molecule has 0 bridgehead atoms. The van der Waals surface area contributed by atoms with E-state index in [4.69, 9.17) is 9.26 Å². The van der Waals surface area contributed by atoms with Crippen LogP contribution in [0.3, 0.4) is 0 Å². The van der Waals surface area contributed by atoms with E-state index in [1.165, 1.54) is 10.7 Å². The fourth-order valence-corrected chi connectivity index (χ4v) is 3.93. The number of aromatic nitrogens is 5. The number of nitrogens with one attached hydrogen (secondary N) is 1. The van der Waals surface area contributed by atoms with Crippen molar-refractivity contribution in [3.63, 3.8) is 0 Å². The van der Waals surface area contributed by atoms with Crippen molar-refractivity contribution in [2.24, 2.45) is 0 Å². The number of carbonyl (C=O) groups is 1. The standard InChI is InChI=1S/C22H24N8O4/c1-15-10-18(26-34-15)24-21(31)13-30-22(32)29-14-23-19(12-20(29)25-30)28-8-6-27(7-9-28)16-4-3-5-17(11-16)33-2/h3-5,10-12,14H,6-9,13H2,1-2H3,(H,24,26,31). The number of rotatable bonds is 6. The van der Waals surface area contributed by atoms with Gasteiger partial charge in [-0.25, -0.2) is 18.9 Å². The van der Waals surface area contributed by atoms with Crippen molar-refractivity contribution >= 4 is 28.9 Å². The van der Waals surface area contributed by atoms with Crippen molar-refractivity contribution in [1.82, 2.24) is 24.3 Å².